The van der Waals surface area contributed by atoms with Crippen LogP contribution in [-0.4, -0.2) is 88.3 Å². The highest BCUT2D eigenvalue weighted by atomic mass is 19.4. The number of carbonyl (C=O) groups excluding carboxylic acids is 2. The van der Waals surface area contributed by atoms with Gasteiger partial charge in [-0.05, 0) is 61.4 Å². The summed E-state index contributed by atoms with van der Waals surface area (Å²) in [6, 6.07) is 10.3. The first-order valence-electron chi connectivity index (χ1n) is 15.3. The van der Waals surface area contributed by atoms with E-state index in [2.05, 4.69) is 39.0 Å². The Morgan fingerprint density at radius 3 is 2.54 bits per heavy atom. The van der Waals surface area contributed by atoms with Gasteiger partial charge < -0.3 is 25.2 Å². The number of aromatic nitrogens is 2. The number of likely N-dealkylation sites (N-methyl/N-ethyl adjacent to an activating group) is 1. The third-order valence-electron chi connectivity index (χ3n) is 8.28. The number of aryl methyl sites for hydroxylation is 1. The summed E-state index contributed by atoms with van der Waals surface area (Å²) in [6.45, 7) is 12.7. The van der Waals surface area contributed by atoms with Gasteiger partial charge in [-0.15, -0.1) is 0 Å². The molecule has 3 aromatic rings. The van der Waals surface area contributed by atoms with Crippen molar-refractivity contribution in [2.24, 2.45) is 0 Å². The van der Waals surface area contributed by atoms with Crippen molar-refractivity contribution < 1.29 is 27.5 Å². The number of ether oxygens (including phenoxy) is 1. The molecule has 1 atom stereocenters. The van der Waals surface area contributed by atoms with Crippen LogP contribution in [0.3, 0.4) is 0 Å². The highest BCUT2D eigenvalue weighted by molar-refractivity contribution is 6.04. The number of amides is 2. The second-order valence-corrected chi connectivity index (χ2v) is 11.5. The molecule has 0 bridgehead atoms. The number of hydrogen-bond acceptors (Lipinski definition) is 8. The van der Waals surface area contributed by atoms with E-state index in [1.807, 2.05) is 4.90 Å². The Labute approximate surface area is 266 Å². The first kappa shape index (κ1) is 32.9. The molecule has 13 heteroatoms. The normalized spacial score (nSPS) is 17.5. The molecule has 2 amide bonds. The van der Waals surface area contributed by atoms with E-state index >= 15 is 0 Å². The number of anilines is 2. The molecule has 3 heterocycles. The smallest absolute Gasteiger partial charge is 0.416 e. The molecule has 5 rings (SSSR count). The summed E-state index contributed by atoms with van der Waals surface area (Å²) in [5.41, 5.74) is 0.393. The van der Waals surface area contributed by atoms with Gasteiger partial charge in [-0.2, -0.15) is 18.2 Å². The number of nitrogens with one attached hydrogen (secondary N) is 2. The molecule has 0 radical (unpaired) electrons. The topological polar surface area (TPSA) is 103 Å². The second-order valence-electron chi connectivity index (χ2n) is 11.5. The molecule has 0 aliphatic carbocycles. The maximum atomic E-state index is 14.1. The molecule has 2 saturated heterocycles. The Morgan fingerprint density at radius 1 is 1.07 bits per heavy atom. The van der Waals surface area contributed by atoms with Crippen molar-refractivity contribution in [1.82, 2.24) is 24.7 Å². The molecule has 46 heavy (non-hydrogen) atoms. The van der Waals surface area contributed by atoms with Crippen molar-refractivity contribution in [3.8, 4) is 11.6 Å². The Hall–Kier alpha value is -4.49. The molecule has 1 aromatic heterocycles. The van der Waals surface area contributed by atoms with Crippen molar-refractivity contribution in [3.05, 3.63) is 83.6 Å². The average molecular weight is 638 g/mol. The maximum Gasteiger partial charge on any atom is 0.416 e. The van der Waals surface area contributed by atoms with E-state index in [4.69, 9.17) is 4.74 Å². The first-order chi connectivity index (χ1) is 22.0. The highest BCUT2D eigenvalue weighted by Crippen LogP contribution is 2.35. The van der Waals surface area contributed by atoms with Crippen molar-refractivity contribution in [3.63, 3.8) is 0 Å². The van der Waals surface area contributed by atoms with Crippen LogP contribution in [0.15, 0.2) is 61.3 Å². The van der Waals surface area contributed by atoms with E-state index in [-0.39, 0.29) is 41.2 Å². The first-order valence-corrected chi connectivity index (χ1v) is 15.3. The third kappa shape index (κ3) is 8.20. The molecule has 0 spiro atoms. The van der Waals surface area contributed by atoms with Crippen molar-refractivity contribution in [2.45, 2.75) is 39.0 Å². The van der Waals surface area contributed by atoms with E-state index in [0.29, 0.717) is 37.9 Å². The molecule has 244 valence electrons. The van der Waals surface area contributed by atoms with Crippen LogP contribution < -0.4 is 15.4 Å². The summed E-state index contributed by atoms with van der Waals surface area (Å²) >= 11 is 0. The van der Waals surface area contributed by atoms with Crippen molar-refractivity contribution in [1.29, 1.82) is 0 Å². The molecule has 0 saturated carbocycles. The summed E-state index contributed by atoms with van der Waals surface area (Å²) in [4.78, 5) is 39.7. The standard InChI is InChI=1S/C33H38F3N7O3/c1-4-30(44)43-13-11-26(21-43)39-32-37-12-10-29(40-32)46-28-18-23(7-6-22(28)3)31(45)38-25-9-8-24(27(19-25)33(34,35)36)20-42-16-14-41(5-2)15-17-42/h4,6-10,12,18-19,26H,1,5,11,13-17,20-21H2,2-3H3,(H,38,45)(H,37,39,40)/t26-/m0/s1. The summed E-state index contributed by atoms with van der Waals surface area (Å²) < 4.78 is 48.2. The maximum absolute atomic E-state index is 14.1. The van der Waals surface area contributed by atoms with Gasteiger partial charge >= 0.3 is 6.18 Å². The molecule has 2 aromatic carbocycles. The van der Waals surface area contributed by atoms with Crippen LogP contribution in [-0.2, 0) is 17.5 Å². The van der Waals surface area contributed by atoms with Crippen LogP contribution in [0.25, 0.3) is 0 Å². The molecular formula is C33H38F3N7O3. The minimum Gasteiger partial charge on any atom is -0.439 e. The lowest BCUT2D eigenvalue weighted by molar-refractivity contribution is -0.138. The van der Waals surface area contributed by atoms with E-state index in [9.17, 15) is 22.8 Å². The van der Waals surface area contributed by atoms with Crippen molar-refractivity contribution in [2.75, 3.05) is 56.4 Å². The van der Waals surface area contributed by atoms with Gasteiger partial charge in [0.05, 0.1) is 5.56 Å². The summed E-state index contributed by atoms with van der Waals surface area (Å²) in [5, 5.41) is 5.82. The summed E-state index contributed by atoms with van der Waals surface area (Å²) in [7, 11) is 0. The zero-order chi connectivity index (χ0) is 32.8. The molecule has 2 N–H and O–H groups in total. The van der Waals surface area contributed by atoms with Gasteiger partial charge in [0, 0.05) is 75.4 Å². The third-order valence-corrected chi connectivity index (χ3v) is 8.28. The number of nitrogens with zero attached hydrogens (tertiary/aromatic N) is 5. The van der Waals surface area contributed by atoms with Gasteiger partial charge in [0.25, 0.3) is 5.91 Å². The van der Waals surface area contributed by atoms with Crippen LogP contribution >= 0.6 is 0 Å². The van der Waals surface area contributed by atoms with Crippen LogP contribution in [0.5, 0.6) is 11.6 Å². The minimum absolute atomic E-state index is 0.0311. The molecule has 2 aliphatic rings. The van der Waals surface area contributed by atoms with Crippen LogP contribution in [0.1, 0.15) is 40.4 Å². The molecule has 2 aliphatic heterocycles. The summed E-state index contributed by atoms with van der Waals surface area (Å²) in [5.74, 6) is 0.212. The number of likely N-dealkylation sites (tertiary alicyclic amines) is 1. The number of rotatable bonds is 10. The second kappa shape index (κ2) is 14.3. The molecule has 2 fully saturated rings. The van der Waals surface area contributed by atoms with E-state index in [1.54, 1.807) is 30.0 Å². The van der Waals surface area contributed by atoms with E-state index < -0.39 is 17.6 Å². The van der Waals surface area contributed by atoms with Crippen LogP contribution in [0.4, 0.5) is 24.8 Å². The lowest BCUT2D eigenvalue weighted by atomic mass is 10.0. The minimum atomic E-state index is -4.57. The van der Waals surface area contributed by atoms with Gasteiger partial charge in [0.2, 0.25) is 17.7 Å². The number of carbonyl (C=O) groups is 2. The number of hydrogen-bond donors (Lipinski definition) is 2. The molecule has 0 unspecified atom stereocenters. The highest BCUT2D eigenvalue weighted by Gasteiger charge is 2.34. The van der Waals surface area contributed by atoms with E-state index in [1.165, 1.54) is 30.5 Å². The van der Waals surface area contributed by atoms with Gasteiger partial charge in [0.1, 0.15) is 5.75 Å². The number of halogens is 3. The van der Waals surface area contributed by atoms with Crippen LogP contribution in [0, 0.1) is 6.92 Å². The lowest BCUT2D eigenvalue weighted by Gasteiger charge is -2.34. The van der Waals surface area contributed by atoms with Crippen LogP contribution in [0.2, 0.25) is 0 Å². The fourth-order valence-corrected chi connectivity index (χ4v) is 5.59. The molecule has 10 nitrogen and oxygen atoms in total. The average Bonchev–Trinajstić information content (AvgIpc) is 3.51. The zero-order valence-corrected chi connectivity index (χ0v) is 25.9. The fraction of sp³-hybridized carbons (Fsp3) is 0.394. The quantitative estimate of drug-likeness (QED) is 0.293. The fourth-order valence-electron chi connectivity index (χ4n) is 5.59. The predicted octanol–water partition coefficient (Wildman–Crippen LogP) is 5.18. The number of benzene rings is 2. The Balaban J connectivity index is 1.25. The molecular weight excluding hydrogens is 599 g/mol. The Kier molecular flexibility index (Phi) is 10.2. The largest absolute Gasteiger partial charge is 0.439 e. The van der Waals surface area contributed by atoms with Crippen molar-refractivity contribution >= 4 is 23.5 Å². The monoisotopic (exact) mass is 637 g/mol. The number of piperazine rings is 1. The van der Waals surface area contributed by atoms with E-state index in [0.717, 1.165) is 37.7 Å². The van der Waals surface area contributed by atoms with Gasteiger partial charge in [0.15, 0.2) is 0 Å². The summed E-state index contributed by atoms with van der Waals surface area (Å²) in [6.07, 6.45) is -1.02. The van der Waals surface area contributed by atoms with Gasteiger partial charge in [-0.3, -0.25) is 14.5 Å². The number of alkyl halides is 3. The zero-order valence-electron chi connectivity index (χ0n) is 25.9. The predicted molar refractivity (Wildman–Crippen MR) is 169 cm³/mol. The Bertz CT molecular complexity index is 1570. The lowest BCUT2D eigenvalue weighted by Crippen LogP contribution is -2.45. The van der Waals surface area contributed by atoms with Gasteiger partial charge in [-0.1, -0.05) is 25.6 Å². The Morgan fingerprint density at radius 2 is 1.83 bits per heavy atom. The SMILES string of the molecule is C=CC(=O)N1CC[C@H](Nc2nccc(Oc3cc(C(=O)Nc4ccc(CN5CCN(CC)CC5)c(C(F)(F)F)c4)ccc3C)n2)C1. The van der Waals surface area contributed by atoms with Gasteiger partial charge in [-0.25, -0.2) is 4.98 Å².